The highest BCUT2D eigenvalue weighted by Gasteiger charge is 2.26. The van der Waals surface area contributed by atoms with Gasteiger partial charge in [-0.25, -0.2) is 0 Å². The van der Waals surface area contributed by atoms with Crippen LogP contribution in [-0.2, 0) is 13.1 Å². The van der Waals surface area contributed by atoms with E-state index >= 15 is 0 Å². The molecule has 1 N–H and O–H groups in total. The van der Waals surface area contributed by atoms with Gasteiger partial charge < -0.3 is 14.6 Å². The van der Waals surface area contributed by atoms with E-state index in [9.17, 15) is 5.11 Å². The number of nitrogens with zero attached hydrogens (tertiary/aromatic N) is 2. The Labute approximate surface area is 174 Å². The van der Waals surface area contributed by atoms with E-state index in [-0.39, 0.29) is 6.61 Å². The number of piperazine rings is 1. The quantitative estimate of drug-likeness (QED) is 0.701. The number of aliphatic hydroxyl groups is 1. The molecule has 0 aliphatic carbocycles. The number of ether oxygens (including phenoxy) is 2. The van der Waals surface area contributed by atoms with Crippen LogP contribution >= 0.6 is 0 Å². The van der Waals surface area contributed by atoms with Crippen LogP contribution in [0.4, 0.5) is 0 Å². The van der Waals surface area contributed by atoms with Gasteiger partial charge in [-0.15, -0.1) is 0 Å². The van der Waals surface area contributed by atoms with E-state index in [4.69, 9.17) is 9.47 Å². The minimum atomic E-state index is 0.222. The molecule has 0 aromatic heterocycles. The van der Waals surface area contributed by atoms with Crippen molar-refractivity contribution in [3.63, 3.8) is 0 Å². The molecule has 0 radical (unpaired) electrons. The lowest BCUT2D eigenvalue weighted by atomic mass is 10.0. The average molecular weight is 399 g/mol. The van der Waals surface area contributed by atoms with Gasteiger partial charge in [0.15, 0.2) is 0 Å². The van der Waals surface area contributed by atoms with E-state index in [0.29, 0.717) is 12.6 Å². The average Bonchev–Trinajstić information content (AvgIpc) is 2.72. The van der Waals surface area contributed by atoms with E-state index in [0.717, 1.165) is 56.2 Å². The molecule has 1 aliphatic rings. The molecule has 5 nitrogen and oxygen atoms in total. The molecule has 1 atom stereocenters. The Balaban J connectivity index is 1.60. The molecule has 2 aromatic rings. The zero-order valence-corrected chi connectivity index (χ0v) is 17.9. The highest BCUT2D eigenvalue weighted by Crippen LogP contribution is 2.23. The first kappa shape index (κ1) is 21.6. The molecule has 3 rings (SSSR count). The number of aryl methyl sites for hydroxylation is 1. The third kappa shape index (κ3) is 5.95. The number of hydrogen-bond donors (Lipinski definition) is 1. The Bertz CT molecular complexity index is 763. The van der Waals surface area contributed by atoms with Gasteiger partial charge in [-0.1, -0.05) is 24.3 Å². The van der Waals surface area contributed by atoms with E-state index in [1.165, 1.54) is 11.1 Å². The lowest BCUT2D eigenvalue weighted by molar-refractivity contribution is 0.0499. The molecule has 0 unspecified atom stereocenters. The van der Waals surface area contributed by atoms with Crippen LogP contribution in [0, 0.1) is 6.92 Å². The van der Waals surface area contributed by atoms with E-state index in [1.54, 1.807) is 7.11 Å². The Morgan fingerprint density at radius 1 is 1.03 bits per heavy atom. The summed E-state index contributed by atoms with van der Waals surface area (Å²) in [6, 6.07) is 15.2. The van der Waals surface area contributed by atoms with Crippen molar-refractivity contribution in [2.75, 3.05) is 40.0 Å². The van der Waals surface area contributed by atoms with Crippen LogP contribution in [0.2, 0.25) is 0 Å². The summed E-state index contributed by atoms with van der Waals surface area (Å²) < 4.78 is 10.9. The maximum Gasteiger partial charge on any atom is 0.121 e. The Kier molecular flexibility index (Phi) is 7.92. The lowest BCUT2D eigenvalue weighted by Crippen LogP contribution is -2.52. The number of methoxy groups -OCH3 is 1. The number of rotatable bonds is 9. The molecular weight excluding hydrogens is 364 g/mol. The molecule has 2 aromatic carbocycles. The van der Waals surface area contributed by atoms with Gasteiger partial charge in [0.2, 0.25) is 0 Å². The molecule has 158 valence electrons. The van der Waals surface area contributed by atoms with Crippen molar-refractivity contribution in [1.82, 2.24) is 9.80 Å². The van der Waals surface area contributed by atoms with Crippen molar-refractivity contribution < 1.29 is 14.6 Å². The molecule has 29 heavy (non-hydrogen) atoms. The molecule has 0 spiro atoms. The molecule has 1 saturated heterocycles. The fourth-order valence-electron chi connectivity index (χ4n) is 4.12. The van der Waals surface area contributed by atoms with E-state index < -0.39 is 0 Å². The summed E-state index contributed by atoms with van der Waals surface area (Å²) in [6.07, 6.45) is 0.801. The summed E-state index contributed by atoms with van der Waals surface area (Å²) in [4.78, 5) is 5.00. The van der Waals surface area contributed by atoms with Crippen molar-refractivity contribution >= 4 is 0 Å². The Morgan fingerprint density at radius 2 is 1.79 bits per heavy atom. The van der Waals surface area contributed by atoms with Crippen LogP contribution in [0.25, 0.3) is 0 Å². The fraction of sp³-hybridized carbons (Fsp3) is 0.500. The molecule has 0 amide bonds. The second-order valence-corrected chi connectivity index (χ2v) is 7.75. The summed E-state index contributed by atoms with van der Waals surface area (Å²) in [5.74, 6) is 1.86. The maximum absolute atomic E-state index is 9.60. The normalized spacial score (nSPS) is 18.0. The minimum Gasteiger partial charge on any atom is -0.496 e. The summed E-state index contributed by atoms with van der Waals surface area (Å²) in [5, 5.41) is 9.60. The second-order valence-electron chi connectivity index (χ2n) is 7.75. The van der Waals surface area contributed by atoms with E-state index in [1.807, 2.05) is 25.1 Å². The highest BCUT2D eigenvalue weighted by molar-refractivity contribution is 5.36. The number of aliphatic hydroxyl groups excluding tert-OH is 1. The predicted molar refractivity (Wildman–Crippen MR) is 117 cm³/mol. The van der Waals surface area contributed by atoms with Crippen molar-refractivity contribution in [2.24, 2.45) is 0 Å². The first-order valence-electron chi connectivity index (χ1n) is 10.6. The van der Waals surface area contributed by atoms with Crippen LogP contribution < -0.4 is 9.47 Å². The Morgan fingerprint density at radius 3 is 2.45 bits per heavy atom. The smallest absolute Gasteiger partial charge is 0.121 e. The largest absolute Gasteiger partial charge is 0.496 e. The SMILES string of the molecule is CCOc1ccc(CN2CCN(Cc3ccc(OC)c(C)c3)[C@@H](CCO)C2)cc1. The molecule has 1 heterocycles. The van der Waals surface area contributed by atoms with Gasteiger partial charge in [0.25, 0.3) is 0 Å². The molecule has 0 saturated carbocycles. The topological polar surface area (TPSA) is 45.2 Å². The van der Waals surface area contributed by atoms with Crippen LogP contribution in [0.3, 0.4) is 0 Å². The second kappa shape index (κ2) is 10.6. The number of hydrogen-bond acceptors (Lipinski definition) is 5. The van der Waals surface area contributed by atoms with Crippen LogP contribution in [0.1, 0.15) is 30.0 Å². The third-order valence-corrected chi connectivity index (χ3v) is 5.64. The summed E-state index contributed by atoms with van der Waals surface area (Å²) in [5.41, 5.74) is 3.76. The van der Waals surface area contributed by atoms with Crippen molar-refractivity contribution in [3.05, 3.63) is 59.2 Å². The minimum absolute atomic E-state index is 0.222. The van der Waals surface area contributed by atoms with Gasteiger partial charge in [-0.3, -0.25) is 9.80 Å². The monoisotopic (exact) mass is 398 g/mol. The van der Waals surface area contributed by atoms with Crippen molar-refractivity contribution in [2.45, 2.75) is 39.4 Å². The van der Waals surface area contributed by atoms with Crippen LogP contribution in [0.5, 0.6) is 11.5 Å². The van der Waals surface area contributed by atoms with E-state index in [2.05, 4.69) is 41.0 Å². The number of benzene rings is 2. The maximum atomic E-state index is 9.60. The van der Waals surface area contributed by atoms with Gasteiger partial charge in [-0.05, 0) is 55.2 Å². The summed E-state index contributed by atoms with van der Waals surface area (Å²) in [6.45, 7) is 9.86. The third-order valence-electron chi connectivity index (χ3n) is 5.64. The zero-order chi connectivity index (χ0) is 20.6. The first-order chi connectivity index (χ1) is 14.1. The Hall–Kier alpha value is -2.08. The molecule has 0 bridgehead atoms. The summed E-state index contributed by atoms with van der Waals surface area (Å²) >= 11 is 0. The van der Waals surface area contributed by atoms with Gasteiger partial charge in [0.05, 0.1) is 13.7 Å². The van der Waals surface area contributed by atoms with Crippen LogP contribution in [0.15, 0.2) is 42.5 Å². The fourth-order valence-corrected chi connectivity index (χ4v) is 4.12. The summed E-state index contributed by atoms with van der Waals surface area (Å²) in [7, 11) is 1.71. The molecular formula is C24H34N2O3. The molecule has 1 fully saturated rings. The highest BCUT2D eigenvalue weighted by atomic mass is 16.5. The van der Waals surface area contributed by atoms with Crippen LogP contribution in [-0.4, -0.2) is 60.9 Å². The van der Waals surface area contributed by atoms with Gasteiger partial charge in [-0.2, -0.15) is 0 Å². The van der Waals surface area contributed by atoms with Gasteiger partial charge >= 0.3 is 0 Å². The standard InChI is InChI=1S/C24H34N2O3/c1-4-29-23-8-5-20(6-9-23)16-25-12-13-26(22(18-25)11-14-27)17-21-7-10-24(28-3)19(2)15-21/h5-10,15,22,27H,4,11-14,16-18H2,1-3H3/t22-/m0/s1. The lowest BCUT2D eigenvalue weighted by Gasteiger charge is -2.41. The van der Waals surface area contributed by atoms with Crippen molar-refractivity contribution in [3.8, 4) is 11.5 Å². The zero-order valence-electron chi connectivity index (χ0n) is 17.9. The first-order valence-corrected chi connectivity index (χ1v) is 10.6. The van der Waals surface area contributed by atoms with Gasteiger partial charge in [0, 0.05) is 45.4 Å². The van der Waals surface area contributed by atoms with Gasteiger partial charge in [0.1, 0.15) is 11.5 Å². The predicted octanol–water partition coefficient (Wildman–Crippen LogP) is 3.47. The molecule has 1 aliphatic heterocycles. The molecule has 5 heteroatoms. The van der Waals surface area contributed by atoms with Crippen molar-refractivity contribution in [1.29, 1.82) is 0 Å².